The monoisotopic (exact) mass is 375 g/mol. The predicted octanol–water partition coefficient (Wildman–Crippen LogP) is 2.64. The molecule has 0 aliphatic carbocycles. The fourth-order valence-corrected chi connectivity index (χ4v) is 3.51. The molecule has 6 heteroatoms. The summed E-state index contributed by atoms with van der Waals surface area (Å²) in [5, 5.41) is 4.59. The van der Waals surface area contributed by atoms with Crippen molar-refractivity contribution in [3.05, 3.63) is 77.9 Å². The first-order valence-electron chi connectivity index (χ1n) is 9.81. The number of likely N-dealkylation sites (N-methyl/N-ethyl adjacent to an activating group) is 1. The molecule has 0 atom stereocenters. The molecule has 1 aromatic heterocycles. The zero-order chi connectivity index (χ0) is 19.3. The van der Waals surface area contributed by atoms with Crippen LogP contribution in [0.1, 0.15) is 28.9 Å². The van der Waals surface area contributed by atoms with Crippen LogP contribution in [-0.2, 0) is 6.42 Å². The van der Waals surface area contributed by atoms with Crippen molar-refractivity contribution in [3.63, 3.8) is 0 Å². The molecule has 1 aliphatic rings. The number of hydrogen-bond acceptors (Lipinski definition) is 4. The van der Waals surface area contributed by atoms with Crippen LogP contribution in [0.15, 0.2) is 60.7 Å². The van der Waals surface area contributed by atoms with Gasteiger partial charge in [-0.25, -0.2) is 9.67 Å². The molecular weight excluding hydrogens is 350 g/mol. The Morgan fingerprint density at radius 1 is 0.929 bits per heavy atom. The molecule has 0 radical (unpaired) electrons. The summed E-state index contributed by atoms with van der Waals surface area (Å²) in [4.78, 5) is 21.9. The molecule has 2 heterocycles. The van der Waals surface area contributed by atoms with Gasteiger partial charge < -0.3 is 9.80 Å². The van der Waals surface area contributed by atoms with Crippen LogP contribution in [0.4, 0.5) is 0 Å². The van der Waals surface area contributed by atoms with Crippen LogP contribution in [0.2, 0.25) is 0 Å². The number of carbonyl (C=O) groups is 1. The van der Waals surface area contributed by atoms with Gasteiger partial charge in [-0.2, -0.15) is 0 Å². The average molecular weight is 375 g/mol. The lowest BCUT2D eigenvalue weighted by atomic mass is 10.1. The van der Waals surface area contributed by atoms with E-state index in [-0.39, 0.29) is 11.7 Å². The number of carbonyl (C=O) groups excluding carboxylic acids is 1. The van der Waals surface area contributed by atoms with Gasteiger partial charge in [0.2, 0.25) is 5.82 Å². The Kier molecular flexibility index (Phi) is 5.48. The maximum Gasteiger partial charge on any atom is 0.293 e. The van der Waals surface area contributed by atoms with E-state index >= 15 is 0 Å². The van der Waals surface area contributed by atoms with Crippen molar-refractivity contribution in [1.29, 1.82) is 0 Å². The second-order valence-corrected chi connectivity index (χ2v) is 6.99. The van der Waals surface area contributed by atoms with Gasteiger partial charge in [0.15, 0.2) is 0 Å². The van der Waals surface area contributed by atoms with Gasteiger partial charge in [-0.1, -0.05) is 55.5 Å². The molecule has 0 unspecified atom stereocenters. The number of hydrogen-bond donors (Lipinski definition) is 0. The molecule has 0 N–H and O–H groups in total. The summed E-state index contributed by atoms with van der Waals surface area (Å²) in [6.45, 7) is 6.42. The van der Waals surface area contributed by atoms with Crippen LogP contribution in [0.5, 0.6) is 0 Å². The lowest BCUT2D eigenvalue weighted by molar-refractivity contribution is 0.0631. The molecule has 0 saturated carbocycles. The van der Waals surface area contributed by atoms with Crippen LogP contribution in [0, 0.1) is 0 Å². The fraction of sp³-hybridized carbons (Fsp3) is 0.318. The molecule has 28 heavy (non-hydrogen) atoms. The lowest BCUT2D eigenvalue weighted by Gasteiger charge is -2.33. The molecule has 0 spiro atoms. The fourth-order valence-electron chi connectivity index (χ4n) is 3.51. The Hall–Kier alpha value is -2.99. The van der Waals surface area contributed by atoms with Gasteiger partial charge in [-0.3, -0.25) is 4.79 Å². The Morgan fingerprint density at radius 3 is 2.21 bits per heavy atom. The topological polar surface area (TPSA) is 54.3 Å². The Bertz CT molecular complexity index is 915. The first-order chi connectivity index (χ1) is 13.7. The largest absolute Gasteiger partial charge is 0.333 e. The van der Waals surface area contributed by atoms with Gasteiger partial charge in [0.05, 0.1) is 5.69 Å². The molecule has 2 aromatic carbocycles. The maximum atomic E-state index is 13.0. The zero-order valence-corrected chi connectivity index (χ0v) is 16.2. The van der Waals surface area contributed by atoms with E-state index in [9.17, 15) is 4.79 Å². The standard InChI is InChI=1S/C22H25N5O/c1-2-25-13-15-26(16-14-25)22(28)21-23-20(17-18-9-5-3-6-10-18)27(24-21)19-11-7-4-8-12-19/h3-12H,2,13-17H2,1H3. The highest BCUT2D eigenvalue weighted by Gasteiger charge is 2.25. The minimum atomic E-state index is -0.0836. The number of para-hydroxylation sites is 1. The van der Waals surface area contributed by atoms with E-state index < -0.39 is 0 Å². The average Bonchev–Trinajstić information content (AvgIpc) is 3.18. The van der Waals surface area contributed by atoms with Gasteiger partial charge in [0.25, 0.3) is 5.91 Å². The quantitative estimate of drug-likeness (QED) is 0.688. The normalized spacial score (nSPS) is 15.0. The number of benzene rings is 2. The van der Waals surface area contributed by atoms with E-state index in [0.29, 0.717) is 6.42 Å². The summed E-state index contributed by atoms with van der Waals surface area (Å²) < 4.78 is 1.79. The molecule has 0 bridgehead atoms. The van der Waals surface area contributed by atoms with Crippen molar-refractivity contribution >= 4 is 5.91 Å². The number of rotatable bonds is 5. The van der Waals surface area contributed by atoms with E-state index in [0.717, 1.165) is 49.8 Å². The van der Waals surface area contributed by atoms with Gasteiger partial charge in [0, 0.05) is 32.6 Å². The first-order valence-corrected chi connectivity index (χ1v) is 9.81. The van der Waals surface area contributed by atoms with Crippen LogP contribution in [-0.4, -0.2) is 63.2 Å². The third-order valence-corrected chi connectivity index (χ3v) is 5.18. The Morgan fingerprint density at radius 2 is 1.57 bits per heavy atom. The predicted molar refractivity (Wildman–Crippen MR) is 109 cm³/mol. The third-order valence-electron chi connectivity index (χ3n) is 5.18. The summed E-state index contributed by atoms with van der Waals surface area (Å²) in [5.74, 6) is 0.965. The molecular formula is C22H25N5O. The molecule has 1 amide bonds. The summed E-state index contributed by atoms with van der Waals surface area (Å²) in [6, 6.07) is 20.0. The summed E-state index contributed by atoms with van der Waals surface area (Å²) in [5.41, 5.74) is 2.05. The van der Waals surface area contributed by atoms with Crippen LogP contribution >= 0.6 is 0 Å². The molecule has 144 valence electrons. The first kappa shape index (κ1) is 18.4. The van der Waals surface area contributed by atoms with E-state index in [4.69, 9.17) is 0 Å². The van der Waals surface area contributed by atoms with Crippen molar-refractivity contribution in [3.8, 4) is 5.69 Å². The summed E-state index contributed by atoms with van der Waals surface area (Å²) >= 11 is 0. The van der Waals surface area contributed by atoms with Crippen LogP contribution < -0.4 is 0 Å². The minimum absolute atomic E-state index is 0.0836. The van der Waals surface area contributed by atoms with Gasteiger partial charge in [-0.05, 0) is 24.2 Å². The smallest absolute Gasteiger partial charge is 0.293 e. The summed E-state index contributed by atoms with van der Waals surface area (Å²) in [6.07, 6.45) is 0.625. The number of aromatic nitrogens is 3. The summed E-state index contributed by atoms with van der Waals surface area (Å²) in [7, 11) is 0. The number of nitrogens with zero attached hydrogens (tertiary/aromatic N) is 5. The van der Waals surface area contributed by atoms with E-state index in [2.05, 4.69) is 34.0 Å². The molecule has 1 fully saturated rings. The highest BCUT2D eigenvalue weighted by atomic mass is 16.2. The van der Waals surface area contributed by atoms with Crippen molar-refractivity contribution < 1.29 is 4.79 Å². The van der Waals surface area contributed by atoms with Crippen molar-refractivity contribution in [2.45, 2.75) is 13.3 Å². The number of piperazine rings is 1. The highest BCUT2D eigenvalue weighted by molar-refractivity contribution is 5.90. The second kappa shape index (κ2) is 8.35. The zero-order valence-electron chi connectivity index (χ0n) is 16.2. The molecule has 1 saturated heterocycles. The molecule has 4 rings (SSSR count). The second-order valence-electron chi connectivity index (χ2n) is 6.99. The van der Waals surface area contributed by atoms with Crippen LogP contribution in [0.3, 0.4) is 0 Å². The molecule has 1 aliphatic heterocycles. The van der Waals surface area contributed by atoms with Crippen LogP contribution in [0.25, 0.3) is 5.69 Å². The van der Waals surface area contributed by atoms with Crippen molar-refractivity contribution in [1.82, 2.24) is 24.6 Å². The molecule has 3 aromatic rings. The van der Waals surface area contributed by atoms with Crippen molar-refractivity contribution in [2.75, 3.05) is 32.7 Å². The van der Waals surface area contributed by atoms with E-state index in [1.165, 1.54) is 0 Å². The number of amides is 1. The highest BCUT2D eigenvalue weighted by Crippen LogP contribution is 2.15. The van der Waals surface area contributed by atoms with Gasteiger partial charge in [0.1, 0.15) is 5.82 Å². The lowest BCUT2D eigenvalue weighted by Crippen LogP contribution is -2.48. The minimum Gasteiger partial charge on any atom is -0.333 e. The van der Waals surface area contributed by atoms with E-state index in [1.54, 1.807) is 4.68 Å². The SMILES string of the molecule is CCN1CCN(C(=O)c2nc(Cc3ccccc3)n(-c3ccccc3)n2)CC1. The van der Waals surface area contributed by atoms with Gasteiger partial charge >= 0.3 is 0 Å². The van der Waals surface area contributed by atoms with E-state index in [1.807, 2.05) is 53.4 Å². The van der Waals surface area contributed by atoms with Crippen molar-refractivity contribution in [2.24, 2.45) is 0 Å². The molecule has 6 nitrogen and oxygen atoms in total. The third kappa shape index (κ3) is 3.97. The maximum absolute atomic E-state index is 13.0. The Balaban J connectivity index is 1.62. The Labute approximate surface area is 165 Å². The van der Waals surface area contributed by atoms with Gasteiger partial charge in [-0.15, -0.1) is 5.10 Å².